The van der Waals surface area contributed by atoms with E-state index >= 15 is 0 Å². The number of methoxy groups -OCH3 is 2. The third-order valence-corrected chi connectivity index (χ3v) is 5.44. The molecule has 0 spiro atoms. The van der Waals surface area contributed by atoms with Crippen molar-refractivity contribution >= 4 is 17.3 Å². The highest BCUT2D eigenvalue weighted by atomic mass is 19.1. The van der Waals surface area contributed by atoms with Crippen LogP contribution in [-0.4, -0.2) is 63.0 Å². The maximum atomic E-state index is 13.1. The second-order valence-corrected chi connectivity index (χ2v) is 7.19. The van der Waals surface area contributed by atoms with Gasteiger partial charge in [-0.3, -0.25) is 4.79 Å². The second-order valence-electron chi connectivity index (χ2n) is 7.19. The first kappa shape index (κ1) is 20.0. The largest absolute Gasteiger partial charge is 0.493 e. The summed E-state index contributed by atoms with van der Waals surface area (Å²) in [7, 11) is 3.16. The highest BCUT2D eigenvalue weighted by Gasteiger charge is 2.34. The standard InChI is InChI=1S/C22H24FN3O4/c1-28-19-8-3-15(13-20(19)29-2)18-14-21(30-24-18)22(27)26-11-9-25(10-12-26)17-6-4-16(23)5-7-17/h3-8,13,21H,9-12,14H2,1-2H3/t21-/m1/s1. The van der Waals surface area contributed by atoms with Gasteiger partial charge in [0.05, 0.1) is 19.9 Å². The zero-order chi connectivity index (χ0) is 21.1. The lowest BCUT2D eigenvalue weighted by Crippen LogP contribution is -2.51. The zero-order valence-electron chi connectivity index (χ0n) is 17.0. The van der Waals surface area contributed by atoms with Gasteiger partial charge in [-0.05, 0) is 42.5 Å². The van der Waals surface area contributed by atoms with Crippen LogP contribution in [0.5, 0.6) is 11.5 Å². The fraction of sp³-hybridized carbons (Fsp3) is 0.364. The Morgan fingerprint density at radius 1 is 1.03 bits per heavy atom. The normalized spacial score (nSPS) is 18.6. The number of oxime groups is 1. The number of carbonyl (C=O) groups is 1. The number of hydrogen-bond acceptors (Lipinski definition) is 6. The molecule has 2 aliphatic rings. The van der Waals surface area contributed by atoms with Crippen molar-refractivity contribution in [1.82, 2.24) is 4.90 Å². The zero-order valence-corrected chi connectivity index (χ0v) is 17.0. The fourth-order valence-electron chi connectivity index (χ4n) is 3.74. The fourth-order valence-corrected chi connectivity index (χ4v) is 3.74. The number of rotatable bonds is 5. The molecule has 0 radical (unpaired) electrons. The van der Waals surface area contributed by atoms with Gasteiger partial charge in [0.15, 0.2) is 11.5 Å². The van der Waals surface area contributed by atoms with Crippen LogP contribution in [0.1, 0.15) is 12.0 Å². The Kier molecular flexibility index (Phi) is 5.74. The SMILES string of the molecule is COc1ccc(C2=NO[C@@H](C(=O)N3CCN(c4ccc(F)cc4)CC3)C2)cc1OC. The molecule has 1 saturated heterocycles. The van der Waals surface area contributed by atoms with Gasteiger partial charge in [0.25, 0.3) is 5.91 Å². The maximum absolute atomic E-state index is 13.1. The van der Waals surface area contributed by atoms with Crippen molar-refractivity contribution in [3.05, 3.63) is 53.8 Å². The Morgan fingerprint density at radius 3 is 2.40 bits per heavy atom. The van der Waals surface area contributed by atoms with E-state index in [9.17, 15) is 9.18 Å². The number of ether oxygens (including phenoxy) is 2. The number of halogens is 1. The molecule has 1 atom stereocenters. The van der Waals surface area contributed by atoms with Crippen LogP contribution in [0, 0.1) is 5.82 Å². The summed E-state index contributed by atoms with van der Waals surface area (Å²) in [6.07, 6.45) is -0.211. The number of carbonyl (C=O) groups excluding carboxylic acids is 1. The lowest BCUT2D eigenvalue weighted by Gasteiger charge is -2.36. The summed E-state index contributed by atoms with van der Waals surface area (Å²) >= 11 is 0. The summed E-state index contributed by atoms with van der Waals surface area (Å²) in [5.41, 5.74) is 2.50. The number of amides is 1. The minimum Gasteiger partial charge on any atom is -0.493 e. The van der Waals surface area contributed by atoms with Crippen molar-refractivity contribution in [3.63, 3.8) is 0 Å². The molecule has 2 aromatic carbocycles. The molecule has 2 heterocycles. The number of hydrogen-bond donors (Lipinski definition) is 0. The van der Waals surface area contributed by atoms with Crippen molar-refractivity contribution in [2.75, 3.05) is 45.3 Å². The minimum atomic E-state index is -0.620. The van der Waals surface area contributed by atoms with Gasteiger partial charge in [-0.25, -0.2) is 4.39 Å². The molecule has 1 fully saturated rings. The van der Waals surface area contributed by atoms with E-state index in [1.54, 1.807) is 37.3 Å². The first-order valence-corrected chi connectivity index (χ1v) is 9.83. The Balaban J connectivity index is 1.34. The lowest BCUT2D eigenvalue weighted by atomic mass is 10.0. The number of anilines is 1. The molecule has 7 nitrogen and oxygen atoms in total. The van der Waals surface area contributed by atoms with E-state index in [0.29, 0.717) is 49.8 Å². The molecular weight excluding hydrogens is 389 g/mol. The molecule has 8 heteroatoms. The van der Waals surface area contributed by atoms with Crippen molar-refractivity contribution in [3.8, 4) is 11.5 Å². The van der Waals surface area contributed by atoms with Crippen LogP contribution in [0.3, 0.4) is 0 Å². The first-order chi connectivity index (χ1) is 14.6. The highest BCUT2D eigenvalue weighted by molar-refractivity contribution is 6.04. The van der Waals surface area contributed by atoms with Crippen molar-refractivity contribution < 1.29 is 23.5 Å². The van der Waals surface area contributed by atoms with E-state index in [0.717, 1.165) is 11.3 Å². The smallest absolute Gasteiger partial charge is 0.267 e. The maximum Gasteiger partial charge on any atom is 0.267 e. The van der Waals surface area contributed by atoms with E-state index in [1.807, 2.05) is 12.1 Å². The number of benzene rings is 2. The molecule has 30 heavy (non-hydrogen) atoms. The molecule has 0 unspecified atom stereocenters. The van der Waals surface area contributed by atoms with Gasteiger partial charge >= 0.3 is 0 Å². The summed E-state index contributed by atoms with van der Waals surface area (Å²) in [6, 6.07) is 11.9. The van der Waals surface area contributed by atoms with Crippen molar-refractivity contribution in [2.24, 2.45) is 5.16 Å². The molecule has 4 rings (SSSR count). The molecule has 2 aliphatic heterocycles. The Labute approximate surface area is 174 Å². The van der Waals surface area contributed by atoms with E-state index in [1.165, 1.54) is 12.1 Å². The predicted molar refractivity (Wildman–Crippen MR) is 111 cm³/mol. The van der Waals surface area contributed by atoms with Gasteiger partial charge in [0.2, 0.25) is 6.10 Å². The van der Waals surface area contributed by atoms with Crippen LogP contribution in [0.2, 0.25) is 0 Å². The molecule has 1 amide bonds. The van der Waals surface area contributed by atoms with Crippen molar-refractivity contribution in [2.45, 2.75) is 12.5 Å². The third-order valence-electron chi connectivity index (χ3n) is 5.44. The summed E-state index contributed by atoms with van der Waals surface area (Å²) < 4.78 is 23.7. The Morgan fingerprint density at radius 2 is 1.73 bits per heavy atom. The topological polar surface area (TPSA) is 63.6 Å². The third kappa shape index (κ3) is 4.03. The van der Waals surface area contributed by atoms with E-state index < -0.39 is 6.10 Å². The van der Waals surface area contributed by atoms with Crippen LogP contribution in [0.15, 0.2) is 47.6 Å². The molecular formula is C22H24FN3O4. The number of piperazine rings is 1. The average molecular weight is 413 g/mol. The molecule has 0 saturated carbocycles. The minimum absolute atomic E-state index is 0.0621. The molecule has 0 aromatic heterocycles. The second kappa shape index (κ2) is 8.61. The van der Waals surface area contributed by atoms with Gasteiger partial charge < -0.3 is 24.1 Å². The number of nitrogens with zero attached hydrogens (tertiary/aromatic N) is 3. The van der Waals surface area contributed by atoms with Crippen LogP contribution in [0.4, 0.5) is 10.1 Å². The summed E-state index contributed by atoms with van der Waals surface area (Å²) in [5.74, 6) is 0.918. The van der Waals surface area contributed by atoms with Gasteiger partial charge in [-0.2, -0.15) is 0 Å². The summed E-state index contributed by atoms with van der Waals surface area (Å²) in [4.78, 5) is 22.3. The molecule has 158 valence electrons. The van der Waals surface area contributed by atoms with Crippen LogP contribution < -0.4 is 14.4 Å². The van der Waals surface area contributed by atoms with E-state index in [4.69, 9.17) is 14.3 Å². The van der Waals surface area contributed by atoms with Gasteiger partial charge in [0, 0.05) is 43.9 Å². The van der Waals surface area contributed by atoms with Crippen molar-refractivity contribution in [1.29, 1.82) is 0 Å². The molecule has 0 N–H and O–H groups in total. The predicted octanol–water partition coefficient (Wildman–Crippen LogP) is 2.68. The molecule has 0 aliphatic carbocycles. The Hall–Kier alpha value is -3.29. The quantitative estimate of drug-likeness (QED) is 0.754. The average Bonchev–Trinajstić information content (AvgIpc) is 3.29. The summed E-state index contributed by atoms with van der Waals surface area (Å²) in [6.45, 7) is 2.55. The highest BCUT2D eigenvalue weighted by Crippen LogP contribution is 2.30. The van der Waals surface area contributed by atoms with E-state index in [2.05, 4.69) is 10.1 Å². The first-order valence-electron chi connectivity index (χ1n) is 9.83. The molecule has 2 aromatic rings. The van der Waals surface area contributed by atoms with Gasteiger partial charge in [-0.1, -0.05) is 5.16 Å². The van der Waals surface area contributed by atoms with Gasteiger partial charge in [-0.15, -0.1) is 0 Å². The molecule has 0 bridgehead atoms. The summed E-state index contributed by atoms with van der Waals surface area (Å²) in [5, 5.41) is 4.13. The van der Waals surface area contributed by atoms with Gasteiger partial charge in [0.1, 0.15) is 5.82 Å². The lowest BCUT2D eigenvalue weighted by molar-refractivity contribution is -0.142. The van der Waals surface area contributed by atoms with Crippen LogP contribution in [-0.2, 0) is 9.63 Å². The van der Waals surface area contributed by atoms with Crippen LogP contribution >= 0.6 is 0 Å². The monoisotopic (exact) mass is 413 g/mol. The van der Waals surface area contributed by atoms with Crippen LogP contribution in [0.25, 0.3) is 0 Å². The van der Waals surface area contributed by atoms with E-state index in [-0.39, 0.29) is 11.7 Å². The Bertz CT molecular complexity index is 940.